The molecule has 0 aromatic carbocycles. The Morgan fingerprint density at radius 2 is 2.47 bits per heavy atom. The van der Waals surface area contributed by atoms with Gasteiger partial charge in [-0.1, -0.05) is 0 Å². The molecule has 1 saturated carbocycles. The van der Waals surface area contributed by atoms with E-state index >= 15 is 0 Å². The molecule has 1 N–H and O–H groups in total. The van der Waals surface area contributed by atoms with E-state index in [0.717, 1.165) is 12.4 Å². The monoisotopic (exact) mass is 210 g/mol. The van der Waals surface area contributed by atoms with E-state index in [-0.39, 0.29) is 6.04 Å². The maximum Gasteiger partial charge on any atom is 0.164 e. The number of nitrogens with zero attached hydrogens (tertiary/aromatic N) is 3. The Kier molecular flexibility index (Phi) is 3.33. The Bertz CT molecular complexity index is 308. The van der Waals surface area contributed by atoms with E-state index in [0.29, 0.717) is 12.6 Å². The van der Waals surface area contributed by atoms with Gasteiger partial charge in [-0.15, -0.1) is 0 Å². The summed E-state index contributed by atoms with van der Waals surface area (Å²) in [4.78, 5) is 4.25. The second-order valence-corrected chi connectivity index (χ2v) is 4.10. The fourth-order valence-corrected chi connectivity index (χ4v) is 1.44. The minimum Gasteiger partial charge on any atom is -0.382 e. The standard InChI is InChI=1S/C10H18N4O/c1-8(6-15-2)14-7-12-10(13-14)5-11-9-3-4-9/h7-9,11H,3-6H2,1-2H3. The molecule has 1 atom stereocenters. The van der Waals surface area contributed by atoms with Crippen LogP contribution < -0.4 is 5.32 Å². The lowest BCUT2D eigenvalue weighted by atomic mass is 10.4. The van der Waals surface area contributed by atoms with Crippen LogP contribution in [0, 0.1) is 0 Å². The third-order valence-corrected chi connectivity index (χ3v) is 2.54. The second kappa shape index (κ2) is 4.72. The first-order valence-corrected chi connectivity index (χ1v) is 5.42. The molecular formula is C10H18N4O. The van der Waals surface area contributed by atoms with Gasteiger partial charge in [-0.25, -0.2) is 9.67 Å². The summed E-state index contributed by atoms with van der Waals surface area (Å²) in [6.45, 7) is 3.51. The van der Waals surface area contributed by atoms with E-state index in [1.54, 1.807) is 13.4 Å². The quantitative estimate of drug-likeness (QED) is 0.752. The lowest BCUT2D eigenvalue weighted by molar-refractivity contribution is 0.156. The number of methoxy groups -OCH3 is 1. The van der Waals surface area contributed by atoms with Gasteiger partial charge < -0.3 is 10.1 Å². The highest BCUT2D eigenvalue weighted by atomic mass is 16.5. The summed E-state index contributed by atoms with van der Waals surface area (Å²) in [5, 5.41) is 7.78. The average Bonchev–Trinajstić information content (AvgIpc) is 2.93. The zero-order valence-corrected chi connectivity index (χ0v) is 9.31. The zero-order valence-electron chi connectivity index (χ0n) is 9.31. The molecule has 2 rings (SSSR count). The maximum atomic E-state index is 5.07. The van der Waals surface area contributed by atoms with Gasteiger partial charge >= 0.3 is 0 Å². The van der Waals surface area contributed by atoms with Gasteiger partial charge in [0.2, 0.25) is 0 Å². The van der Waals surface area contributed by atoms with Gasteiger partial charge in [-0.3, -0.25) is 0 Å². The van der Waals surface area contributed by atoms with Crippen LogP contribution in [0.3, 0.4) is 0 Å². The zero-order chi connectivity index (χ0) is 10.7. The minimum absolute atomic E-state index is 0.247. The van der Waals surface area contributed by atoms with Crippen LogP contribution in [0.5, 0.6) is 0 Å². The Hall–Kier alpha value is -0.940. The smallest absolute Gasteiger partial charge is 0.164 e. The molecule has 5 nitrogen and oxygen atoms in total. The van der Waals surface area contributed by atoms with Gasteiger partial charge in [0, 0.05) is 13.2 Å². The number of hydrogen-bond donors (Lipinski definition) is 1. The first-order chi connectivity index (χ1) is 7.29. The van der Waals surface area contributed by atoms with Crippen molar-refractivity contribution in [2.75, 3.05) is 13.7 Å². The van der Waals surface area contributed by atoms with E-state index in [4.69, 9.17) is 4.74 Å². The van der Waals surface area contributed by atoms with Crippen molar-refractivity contribution in [2.45, 2.75) is 38.4 Å². The summed E-state index contributed by atoms with van der Waals surface area (Å²) in [5.41, 5.74) is 0. The van der Waals surface area contributed by atoms with Crippen molar-refractivity contribution in [1.82, 2.24) is 20.1 Å². The number of rotatable bonds is 6. The Morgan fingerprint density at radius 3 is 3.13 bits per heavy atom. The number of nitrogens with one attached hydrogen (secondary N) is 1. The van der Waals surface area contributed by atoms with Crippen molar-refractivity contribution in [3.05, 3.63) is 12.2 Å². The molecule has 0 radical (unpaired) electrons. The molecule has 0 amide bonds. The number of hydrogen-bond acceptors (Lipinski definition) is 4. The van der Waals surface area contributed by atoms with Crippen LogP contribution in [-0.4, -0.2) is 34.5 Å². The van der Waals surface area contributed by atoms with Gasteiger partial charge in [0.1, 0.15) is 6.33 Å². The summed E-state index contributed by atoms with van der Waals surface area (Å²) < 4.78 is 6.93. The third-order valence-electron chi connectivity index (χ3n) is 2.54. The van der Waals surface area contributed by atoms with Crippen LogP contribution >= 0.6 is 0 Å². The van der Waals surface area contributed by atoms with Gasteiger partial charge in [0.25, 0.3) is 0 Å². The fraction of sp³-hybridized carbons (Fsp3) is 0.800. The van der Waals surface area contributed by atoms with Crippen molar-refractivity contribution < 1.29 is 4.74 Å². The van der Waals surface area contributed by atoms with Crippen LogP contribution in [0.15, 0.2) is 6.33 Å². The van der Waals surface area contributed by atoms with Crippen LogP contribution in [-0.2, 0) is 11.3 Å². The lowest BCUT2D eigenvalue weighted by Crippen LogP contribution is -2.17. The summed E-state index contributed by atoms with van der Waals surface area (Å²) in [6, 6.07) is 0.950. The predicted molar refractivity (Wildman–Crippen MR) is 56.5 cm³/mol. The van der Waals surface area contributed by atoms with Crippen molar-refractivity contribution in [1.29, 1.82) is 0 Å². The molecule has 15 heavy (non-hydrogen) atoms. The average molecular weight is 210 g/mol. The minimum atomic E-state index is 0.247. The van der Waals surface area contributed by atoms with E-state index in [9.17, 15) is 0 Å². The highest BCUT2D eigenvalue weighted by Crippen LogP contribution is 2.18. The summed E-state index contributed by atoms with van der Waals surface area (Å²) in [7, 11) is 1.70. The Morgan fingerprint density at radius 1 is 1.67 bits per heavy atom. The summed E-state index contributed by atoms with van der Waals surface area (Å²) >= 11 is 0. The molecular weight excluding hydrogens is 192 g/mol. The SMILES string of the molecule is COCC(C)n1cnc(CNC2CC2)n1. The second-order valence-electron chi connectivity index (χ2n) is 4.10. The number of ether oxygens (including phenoxy) is 1. The van der Waals surface area contributed by atoms with Crippen LogP contribution in [0.4, 0.5) is 0 Å². The normalized spacial score (nSPS) is 18.0. The molecule has 1 fully saturated rings. The van der Waals surface area contributed by atoms with E-state index in [1.165, 1.54) is 12.8 Å². The molecule has 0 saturated heterocycles. The maximum absolute atomic E-state index is 5.07. The molecule has 1 heterocycles. The van der Waals surface area contributed by atoms with Gasteiger partial charge in [0.05, 0.1) is 19.2 Å². The van der Waals surface area contributed by atoms with Crippen LogP contribution in [0.2, 0.25) is 0 Å². The summed E-state index contributed by atoms with van der Waals surface area (Å²) in [5.74, 6) is 0.866. The van der Waals surface area contributed by atoms with E-state index in [1.807, 2.05) is 4.68 Å². The molecule has 1 aromatic rings. The van der Waals surface area contributed by atoms with Crippen molar-refractivity contribution in [2.24, 2.45) is 0 Å². The van der Waals surface area contributed by atoms with Crippen LogP contribution in [0.25, 0.3) is 0 Å². The van der Waals surface area contributed by atoms with E-state index < -0.39 is 0 Å². The molecule has 0 spiro atoms. The van der Waals surface area contributed by atoms with Gasteiger partial charge in [-0.2, -0.15) is 5.10 Å². The van der Waals surface area contributed by atoms with Crippen molar-refractivity contribution >= 4 is 0 Å². The largest absolute Gasteiger partial charge is 0.382 e. The molecule has 0 bridgehead atoms. The third kappa shape index (κ3) is 3.00. The topological polar surface area (TPSA) is 52.0 Å². The molecule has 1 aliphatic rings. The fourth-order valence-electron chi connectivity index (χ4n) is 1.44. The Balaban J connectivity index is 1.84. The lowest BCUT2D eigenvalue weighted by Gasteiger charge is -2.08. The van der Waals surface area contributed by atoms with Gasteiger partial charge in [0.15, 0.2) is 5.82 Å². The first kappa shape index (κ1) is 10.6. The molecule has 1 aliphatic carbocycles. The molecule has 1 aromatic heterocycles. The Labute approximate surface area is 89.8 Å². The molecule has 1 unspecified atom stereocenters. The van der Waals surface area contributed by atoms with Crippen molar-refractivity contribution in [3.8, 4) is 0 Å². The predicted octanol–water partition coefficient (Wildman–Crippen LogP) is 0.737. The molecule has 0 aliphatic heterocycles. The van der Waals surface area contributed by atoms with Gasteiger partial charge in [-0.05, 0) is 19.8 Å². The highest BCUT2D eigenvalue weighted by Gasteiger charge is 2.20. The molecule has 5 heteroatoms. The van der Waals surface area contributed by atoms with Crippen molar-refractivity contribution in [3.63, 3.8) is 0 Å². The highest BCUT2D eigenvalue weighted by molar-refractivity contribution is 4.87. The number of aromatic nitrogens is 3. The van der Waals surface area contributed by atoms with E-state index in [2.05, 4.69) is 22.3 Å². The summed E-state index contributed by atoms with van der Waals surface area (Å²) in [6.07, 6.45) is 4.36. The molecule has 84 valence electrons. The first-order valence-electron chi connectivity index (χ1n) is 5.42. The van der Waals surface area contributed by atoms with Crippen LogP contribution in [0.1, 0.15) is 31.6 Å².